The van der Waals surface area contributed by atoms with Gasteiger partial charge in [0.05, 0.1) is 17.6 Å². The monoisotopic (exact) mass is 365 g/mol. The van der Waals surface area contributed by atoms with Gasteiger partial charge >= 0.3 is 0 Å². The number of nitrogens with one attached hydrogen (secondary N) is 1. The number of fused-ring (bicyclic) bond motifs is 1. The molecular formula is C18H12FN5O3. The number of hydrogen-bond acceptors (Lipinski definition) is 6. The third-order valence-corrected chi connectivity index (χ3v) is 3.85. The third kappa shape index (κ3) is 3.30. The number of carbonyl (C=O) groups is 1. The molecule has 8 nitrogen and oxygen atoms in total. The molecule has 1 N–H and O–H groups in total. The highest BCUT2D eigenvalue weighted by Gasteiger charge is 2.15. The number of carbonyl (C=O) groups excluding carboxylic acids is 1. The molecule has 2 aromatic carbocycles. The van der Waals surface area contributed by atoms with Crippen LogP contribution in [-0.2, 0) is 6.54 Å². The Balaban J connectivity index is 1.56. The molecule has 4 rings (SSSR count). The van der Waals surface area contributed by atoms with Gasteiger partial charge in [-0.05, 0) is 40.8 Å². The van der Waals surface area contributed by atoms with E-state index in [-0.39, 0.29) is 23.6 Å². The van der Waals surface area contributed by atoms with Crippen LogP contribution in [0.1, 0.15) is 16.4 Å². The van der Waals surface area contributed by atoms with Crippen molar-refractivity contribution in [2.24, 2.45) is 0 Å². The normalized spacial score (nSPS) is 10.9. The average Bonchev–Trinajstić information content (AvgIpc) is 3.15. The zero-order valence-electron chi connectivity index (χ0n) is 13.8. The van der Waals surface area contributed by atoms with Crippen molar-refractivity contribution in [3.05, 3.63) is 82.2 Å². The summed E-state index contributed by atoms with van der Waals surface area (Å²) in [6.45, 7) is -0.0428. The molecule has 0 aliphatic heterocycles. The molecule has 9 heteroatoms. The van der Waals surface area contributed by atoms with Crippen molar-refractivity contribution in [2.75, 3.05) is 0 Å². The zero-order valence-corrected chi connectivity index (χ0v) is 13.8. The van der Waals surface area contributed by atoms with Gasteiger partial charge in [0.2, 0.25) is 0 Å². The van der Waals surface area contributed by atoms with E-state index in [1.807, 2.05) is 0 Å². The number of hydrogen-bond donors (Lipinski definition) is 1. The van der Waals surface area contributed by atoms with E-state index >= 15 is 0 Å². The van der Waals surface area contributed by atoms with Crippen molar-refractivity contribution in [1.29, 1.82) is 0 Å². The summed E-state index contributed by atoms with van der Waals surface area (Å²) in [4.78, 5) is 24.5. The Labute approximate surface area is 151 Å². The van der Waals surface area contributed by atoms with Crippen molar-refractivity contribution < 1.29 is 13.6 Å². The summed E-state index contributed by atoms with van der Waals surface area (Å²) in [5.74, 6) is -0.858. The first kappa shape index (κ1) is 16.6. The lowest BCUT2D eigenvalue weighted by atomic mass is 10.2. The molecule has 0 saturated carbocycles. The number of amides is 1. The largest absolute Gasteiger partial charge is 0.451 e. The van der Waals surface area contributed by atoms with Crippen LogP contribution in [0.15, 0.2) is 63.8 Å². The molecule has 0 spiro atoms. The Morgan fingerprint density at radius 3 is 2.85 bits per heavy atom. The van der Waals surface area contributed by atoms with E-state index < -0.39 is 11.7 Å². The minimum absolute atomic E-state index is 0.0428. The van der Waals surface area contributed by atoms with Gasteiger partial charge in [0.25, 0.3) is 5.91 Å². The Kier molecular flexibility index (Phi) is 4.17. The minimum Gasteiger partial charge on any atom is -0.451 e. The maximum atomic E-state index is 13.4. The molecular weight excluding hydrogens is 353 g/mol. The lowest BCUT2D eigenvalue weighted by molar-refractivity contribution is 0.0922. The van der Waals surface area contributed by atoms with Crippen LogP contribution in [0.3, 0.4) is 0 Å². The second-order valence-electron chi connectivity index (χ2n) is 5.64. The van der Waals surface area contributed by atoms with Gasteiger partial charge in [-0.1, -0.05) is 18.2 Å². The molecule has 4 aromatic rings. The summed E-state index contributed by atoms with van der Waals surface area (Å²) in [6, 6.07) is 13.5. The van der Waals surface area contributed by atoms with Crippen LogP contribution in [0, 0.1) is 5.82 Å². The van der Waals surface area contributed by atoms with Gasteiger partial charge in [-0.2, -0.15) is 4.68 Å². The van der Waals surface area contributed by atoms with Crippen LogP contribution in [0.5, 0.6) is 0 Å². The van der Waals surface area contributed by atoms with Crippen LogP contribution in [0.4, 0.5) is 4.39 Å². The molecule has 0 bridgehead atoms. The van der Waals surface area contributed by atoms with E-state index in [0.29, 0.717) is 16.7 Å². The fraction of sp³-hybridized carbons (Fsp3) is 0.0556. The predicted octanol–water partition coefficient (Wildman–Crippen LogP) is 1.84. The van der Waals surface area contributed by atoms with Crippen LogP contribution < -0.4 is 10.7 Å². The first-order valence-corrected chi connectivity index (χ1v) is 7.96. The first-order valence-electron chi connectivity index (χ1n) is 7.96. The van der Waals surface area contributed by atoms with Gasteiger partial charge in [-0.3, -0.25) is 9.59 Å². The molecule has 27 heavy (non-hydrogen) atoms. The lowest BCUT2D eigenvalue weighted by Crippen LogP contribution is -2.25. The number of rotatable bonds is 4. The summed E-state index contributed by atoms with van der Waals surface area (Å²) in [5.41, 5.74) is 0.424. The molecule has 2 heterocycles. The second-order valence-corrected chi connectivity index (χ2v) is 5.64. The molecule has 0 saturated heterocycles. The lowest BCUT2D eigenvalue weighted by Gasteiger charge is -2.06. The van der Waals surface area contributed by atoms with Gasteiger partial charge in [-0.25, -0.2) is 4.39 Å². The summed E-state index contributed by atoms with van der Waals surface area (Å²) < 4.78 is 20.2. The van der Waals surface area contributed by atoms with Crippen molar-refractivity contribution in [3.63, 3.8) is 0 Å². The predicted molar refractivity (Wildman–Crippen MR) is 92.8 cm³/mol. The van der Waals surface area contributed by atoms with E-state index in [1.54, 1.807) is 30.3 Å². The first-order chi connectivity index (χ1) is 13.1. The highest BCUT2D eigenvalue weighted by atomic mass is 19.1. The van der Waals surface area contributed by atoms with Crippen LogP contribution in [-0.4, -0.2) is 26.1 Å². The van der Waals surface area contributed by atoms with Gasteiger partial charge in [0.1, 0.15) is 11.4 Å². The number of tetrazole rings is 1. The maximum absolute atomic E-state index is 13.4. The molecule has 2 aromatic heterocycles. The molecule has 134 valence electrons. The minimum atomic E-state index is -0.591. The third-order valence-electron chi connectivity index (χ3n) is 3.85. The Bertz CT molecular complexity index is 1200. The average molecular weight is 365 g/mol. The fourth-order valence-corrected chi connectivity index (χ4v) is 2.59. The van der Waals surface area contributed by atoms with Crippen molar-refractivity contribution in [1.82, 2.24) is 25.5 Å². The maximum Gasteiger partial charge on any atom is 0.287 e. The van der Waals surface area contributed by atoms with E-state index in [2.05, 4.69) is 20.8 Å². The highest BCUT2D eigenvalue weighted by molar-refractivity contribution is 5.93. The van der Waals surface area contributed by atoms with E-state index in [9.17, 15) is 14.0 Å². The van der Waals surface area contributed by atoms with Gasteiger partial charge in [-0.15, -0.1) is 5.10 Å². The standard InChI is InChI=1S/C18H12FN5O3/c19-11-4-3-5-12(8-11)24-17(21-22-23-24)10-20-18(26)16-9-14(25)13-6-1-2-7-15(13)27-16/h1-9H,10H2,(H,20,26). The zero-order chi connectivity index (χ0) is 18.8. The molecule has 0 aliphatic rings. The Morgan fingerprint density at radius 1 is 1.15 bits per heavy atom. The van der Waals surface area contributed by atoms with Crippen LogP contribution in [0.2, 0.25) is 0 Å². The fourth-order valence-electron chi connectivity index (χ4n) is 2.59. The molecule has 0 unspecified atom stereocenters. The van der Waals surface area contributed by atoms with E-state index in [4.69, 9.17) is 4.42 Å². The molecule has 0 atom stereocenters. The highest BCUT2D eigenvalue weighted by Crippen LogP contribution is 2.12. The van der Waals surface area contributed by atoms with Crippen molar-refractivity contribution in [3.8, 4) is 5.69 Å². The molecule has 0 aliphatic carbocycles. The number of para-hydroxylation sites is 1. The summed E-state index contributed by atoms with van der Waals surface area (Å²) in [7, 11) is 0. The van der Waals surface area contributed by atoms with Gasteiger partial charge < -0.3 is 9.73 Å². The van der Waals surface area contributed by atoms with Gasteiger partial charge in [0, 0.05) is 6.07 Å². The number of nitrogens with zero attached hydrogens (tertiary/aromatic N) is 4. The van der Waals surface area contributed by atoms with Crippen molar-refractivity contribution in [2.45, 2.75) is 6.54 Å². The smallest absolute Gasteiger partial charge is 0.287 e. The molecule has 1 amide bonds. The Hall–Kier alpha value is -3.88. The quantitative estimate of drug-likeness (QED) is 0.592. The summed E-state index contributed by atoms with van der Waals surface area (Å²) >= 11 is 0. The van der Waals surface area contributed by atoms with E-state index in [1.165, 1.54) is 22.9 Å². The summed E-state index contributed by atoms with van der Waals surface area (Å²) in [6.07, 6.45) is 0. The summed E-state index contributed by atoms with van der Waals surface area (Å²) in [5, 5.41) is 14.2. The van der Waals surface area contributed by atoms with Gasteiger partial charge in [0.15, 0.2) is 17.0 Å². The van der Waals surface area contributed by atoms with E-state index in [0.717, 1.165) is 6.07 Å². The van der Waals surface area contributed by atoms with Crippen molar-refractivity contribution >= 4 is 16.9 Å². The SMILES string of the molecule is O=C(NCc1nnnn1-c1cccc(F)c1)c1cc(=O)c2ccccc2o1. The number of benzene rings is 2. The molecule has 0 radical (unpaired) electrons. The number of aromatic nitrogens is 4. The van der Waals surface area contributed by atoms with Crippen LogP contribution in [0.25, 0.3) is 16.7 Å². The topological polar surface area (TPSA) is 103 Å². The molecule has 0 fully saturated rings. The van der Waals surface area contributed by atoms with Crippen LogP contribution >= 0.6 is 0 Å². The second kappa shape index (κ2) is 6.79. The number of halogens is 1. The Morgan fingerprint density at radius 2 is 2.00 bits per heavy atom.